The van der Waals surface area contributed by atoms with E-state index in [0.717, 1.165) is 55.1 Å². The Balaban J connectivity index is 1.40. The molecule has 218 valence electrons. The number of rotatable bonds is 11. The molecular weight excluding hydrogens is 571 g/mol. The van der Waals surface area contributed by atoms with Crippen molar-refractivity contribution in [3.8, 4) is 11.8 Å². The van der Waals surface area contributed by atoms with Crippen molar-refractivity contribution < 1.29 is 22.7 Å². The number of amides is 1. The van der Waals surface area contributed by atoms with Gasteiger partial charge in [0.05, 0.1) is 16.9 Å². The molecule has 0 bridgehead atoms. The molecular formula is C29H32F3N5O2S2. The lowest BCUT2D eigenvalue weighted by molar-refractivity contribution is -0.137. The van der Waals surface area contributed by atoms with E-state index in [2.05, 4.69) is 48.9 Å². The third-order valence-corrected chi connectivity index (χ3v) is 9.75. The van der Waals surface area contributed by atoms with Gasteiger partial charge in [0, 0.05) is 11.4 Å². The van der Waals surface area contributed by atoms with Crippen molar-refractivity contribution in [2.45, 2.75) is 70.9 Å². The van der Waals surface area contributed by atoms with Gasteiger partial charge in [0.25, 0.3) is 0 Å². The Morgan fingerprint density at radius 1 is 1.37 bits per heavy atom. The zero-order valence-corrected chi connectivity index (χ0v) is 24.8. The van der Waals surface area contributed by atoms with Gasteiger partial charge >= 0.3 is 6.18 Å². The Morgan fingerprint density at radius 2 is 2.15 bits per heavy atom. The maximum atomic E-state index is 13.0. The Morgan fingerprint density at radius 3 is 2.83 bits per heavy atom. The number of thiophene rings is 1. The second-order valence-corrected chi connectivity index (χ2v) is 12.6. The number of benzene rings is 1. The minimum atomic E-state index is -4.47. The molecule has 2 heterocycles. The van der Waals surface area contributed by atoms with Crippen molar-refractivity contribution in [1.29, 1.82) is 5.26 Å². The van der Waals surface area contributed by atoms with Crippen LogP contribution in [0.5, 0.6) is 5.75 Å². The van der Waals surface area contributed by atoms with Crippen molar-refractivity contribution in [2.75, 3.05) is 11.1 Å². The van der Waals surface area contributed by atoms with Crippen LogP contribution in [0, 0.1) is 22.7 Å². The van der Waals surface area contributed by atoms with Gasteiger partial charge in [-0.1, -0.05) is 51.1 Å². The topological polar surface area (TPSA) is 92.8 Å². The second-order valence-electron chi connectivity index (χ2n) is 10.6. The van der Waals surface area contributed by atoms with E-state index in [1.54, 1.807) is 10.6 Å². The number of carbonyl (C=O) groups excluding carboxylic acids is 1. The fraction of sp³-hybridized carbons (Fsp3) is 0.448. The number of fused-ring (bicyclic) bond motifs is 1. The first kappa shape index (κ1) is 30.7. The number of hydrogen-bond donors (Lipinski definition) is 1. The summed E-state index contributed by atoms with van der Waals surface area (Å²) >= 11 is 2.66. The number of allylic oxidation sites excluding steroid dienone is 1. The number of halogens is 3. The van der Waals surface area contributed by atoms with Crippen molar-refractivity contribution in [1.82, 2.24) is 14.8 Å². The Kier molecular flexibility index (Phi) is 9.49. The molecule has 0 radical (unpaired) electrons. The summed E-state index contributed by atoms with van der Waals surface area (Å²) in [5.41, 5.74) is 1.02. The number of aromatic nitrogens is 3. The smallest absolute Gasteiger partial charge is 0.416 e. The largest absolute Gasteiger partial charge is 0.486 e. The lowest BCUT2D eigenvalue weighted by Crippen LogP contribution is -2.28. The van der Waals surface area contributed by atoms with Crippen molar-refractivity contribution >= 4 is 34.0 Å². The standard InChI is InChI=1S/C29H32F3N5O2S2/c1-5-12-37-24(16-39-20-9-7-8-19(13-20)29(30,31)32)35-36-27(37)40-17-25(38)34-26-22(15-33)21-11-10-18(14-23(21)41-26)28(3,4)6-2/h5,7-9,13,18H,1,6,10-12,14,16-17H2,2-4H3,(H,34,38). The average Bonchev–Trinajstić information content (AvgIpc) is 3.49. The summed E-state index contributed by atoms with van der Waals surface area (Å²) in [4.78, 5) is 14.1. The van der Waals surface area contributed by atoms with Crippen LogP contribution >= 0.6 is 23.1 Å². The number of nitrogens with zero attached hydrogens (tertiary/aromatic N) is 4. The molecule has 3 aromatic rings. The molecule has 1 aromatic carbocycles. The van der Waals surface area contributed by atoms with Crippen LogP contribution in [0.25, 0.3) is 0 Å². The van der Waals surface area contributed by atoms with Crippen LogP contribution in [0.15, 0.2) is 42.1 Å². The zero-order valence-electron chi connectivity index (χ0n) is 23.2. The van der Waals surface area contributed by atoms with Crippen LogP contribution < -0.4 is 10.1 Å². The van der Waals surface area contributed by atoms with Gasteiger partial charge in [-0.05, 0) is 54.4 Å². The van der Waals surface area contributed by atoms with Crippen LogP contribution in [0.3, 0.4) is 0 Å². The first-order valence-electron chi connectivity index (χ1n) is 13.3. The summed E-state index contributed by atoms with van der Waals surface area (Å²) in [5, 5.41) is 22.1. The summed E-state index contributed by atoms with van der Waals surface area (Å²) < 4.78 is 46.3. The lowest BCUT2D eigenvalue weighted by Gasteiger charge is -2.36. The Hall–Kier alpha value is -3.30. The number of alkyl halides is 3. The number of thioether (sulfide) groups is 1. The van der Waals surface area contributed by atoms with E-state index >= 15 is 0 Å². The van der Waals surface area contributed by atoms with Gasteiger partial charge in [-0.3, -0.25) is 9.36 Å². The number of ether oxygens (including phenoxy) is 1. The van der Waals surface area contributed by atoms with Crippen molar-refractivity contribution in [3.05, 3.63) is 64.3 Å². The van der Waals surface area contributed by atoms with Crippen LogP contribution in [0.1, 0.15) is 61.0 Å². The lowest BCUT2D eigenvalue weighted by atomic mass is 9.69. The quantitative estimate of drug-likeness (QED) is 0.183. The highest BCUT2D eigenvalue weighted by molar-refractivity contribution is 7.99. The molecule has 0 saturated heterocycles. The molecule has 1 aliphatic carbocycles. The minimum Gasteiger partial charge on any atom is -0.486 e. The number of nitrogens with one attached hydrogen (secondary N) is 1. The molecule has 12 heteroatoms. The fourth-order valence-corrected chi connectivity index (χ4v) is 6.86. The van der Waals surface area contributed by atoms with E-state index in [-0.39, 0.29) is 29.4 Å². The SMILES string of the molecule is C=CCn1c(COc2cccc(C(F)(F)F)c2)nnc1SCC(=O)Nc1sc2c(c1C#N)CCC(C(C)(C)CC)C2. The molecule has 1 atom stereocenters. The number of hydrogen-bond acceptors (Lipinski definition) is 7. The predicted molar refractivity (Wildman–Crippen MR) is 154 cm³/mol. The van der Waals surface area contributed by atoms with Gasteiger partial charge < -0.3 is 10.1 Å². The Bertz CT molecular complexity index is 1460. The maximum absolute atomic E-state index is 13.0. The van der Waals surface area contributed by atoms with E-state index in [4.69, 9.17) is 4.74 Å². The monoisotopic (exact) mass is 603 g/mol. The third kappa shape index (κ3) is 7.13. The molecule has 0 aliphatic heterocycles. The van der Waals surface area contributed by atoms with E-state index < -0.39 is 11.7 Å². The zero-order chi connectivity index (χ0) is 29.8. The molecule has 7 nitrogen and oxygen atoms in total. The van der Waals surface area contributed by atoms with Gasteiger partial charge in [-0.25, -0.2) is 0 Å². The highest BCUT2D eigenvalue weighted by atomic mass is 32.2. The average molecular weight is 604 g/mol. The van der Waals surface area contributed by atoms with E-state index in [1.807, 2.05) is 0 Å². The van der Waals surface area contributed by atoms with Gasteiger partial charge in [0.15, 0.2) is 11.0 Å². The molecule has 1 amide bonds. The number of nitriles is 1. The van der Waals surface area contributed by atoms with Crippen molar-refractivity contribution in [2.24, 2.45) is 11.3 Å². The van der Waals surface area contributed by atoms with Gasteiger partial charge in [-0.2, -0.15) is 18.4 Å². The summed E-state index contributed by atoms with van der Waals surface area (Å²) in [6.07, 6.45) is 1.02. The van der Waals surface area contributed by atoms with Crippen LogP contribution in [0.2, 0.25) is 0 Å². The van der Waals surface area contributed by atoms with E-state index in [9.17, 15) is 23.2 Å². The summed E-state index contributed by atoms with van der Waals surface area (Å²) in [7, 11) is 0. The van der Waals surface area contributed by atoms with E-state index in [1.165, 1.54) is 28.3 Å². The second kappa shape index (κ2) is 12.7. The molecule has 41 heavy (non-hydrogen) atoms. The first-order chi connectivity index (χ1) is 19.5. The molecule has 0 spiro atoms. The van der Waals surface area contributed by atoms with Crippen molar-refractivity contribution in [3.63, 3.8) is 0 Å². The molecule has 4 rings (SSSR count). The fourth-order valence-electron chi connectivity index (χ4n) is 4.80. The molecule has 1 unspecified atom stereocenters. The first-order valence-corrected chi connectivity index (χ1v) is 15.1. The molecule has 0 fully saturated rings. The predicted octanol–water partition coefficient (Wildman–Crippen LogP) is 7.27. The summed E-state index contributed by atoms with van der Waals surface area (Å²) in [6, 6.07) is 6.91. The summed E-state index contributed by atoms with van der Waals surface area (Å²) in [6.45, 7) is 10.7. The molecule has 1 aliphatic rings. The molecule has 1 N–H and O–H groups in total. The van der Waals surface area contributed by atoms with Gasteiger partial charge in [-0.15, -0.1) is 28.1 Å². The van der Waals surface area contributed by atoms with Gasteiger partial charge in [0.2, 0.25) is 5.91 Å². The van der Waals surface area contributed by atoms with Crippen LogP contribution in [0.4, 0.5) is 18.2 Å². The highest BCUT2D eigenvalue weighted by Gasteiger charge is 2.34. The van der Waals surface area contributed by atoms with Crippen LogP contribution in [-0.2, 0) is 37.0 Å². The normalized spacial score (nSPS) is 15.2. The minimum absolute atomic E-state index is 0.0304. The Labute approximate surface area is 245 Å². The summed E-state index contributed by atoms with van der Waals surface area (Å²) in [5.74, 6) is 0.728. The van der Waals surface area contributed by atoms with Gasteiger partial charge in [0.1, 0.15) is 23.4 Å². The number of anilines is 1. The highest BCUT2D eigenvalue weighted by Crippen LogP contribution is 2.45. The third-order valence-electron chi connectivity index (χ3n) is 7.61. The van der Waals surface area contributed by atoms with Crippen LogP contribution in [-0.4, -0.2) is 26.4 Å². The maximum Gasteiger partial charge on any atom is 0.416 e. The van der Waals surface area contributed by atoms with E-state index in [0.29, 0.717) is 34.0 Å². The number of carbonyl (C=O) groups is 1. The molecule has 2 aromatic heterocycles. The molecule has 0 saturated carbocycles.